The molecule has 2 fully saturated rings. The van der Waals surface area contributed by atoms with E-state index < -0.39 is 0 Å². The number of hydrogen-bond acceptors (Lipinski definition) is 6. The fraction of sp³-hybridized carbons (Fsp3) is 0.688. The second-order valence-electron chi connectivity index (χ2n) is 7.09. The lowest BCUT2D eigenvalue weighted by molar-refractivity contribution is -0.0825. The first kappa shape index (κ1) is 15.2. The number of nitriles is 1. The smallest absolute Gasteiger partial charge is 0.158 e. The molecule has 0 amide bonds. The zero-order valence-corrected chi connectivity index (χ0v) is 13.3. The molecule has 4 atom stereocenters. The van der Waals surface area contributed by atoms with Crippen molar-refractivity contribution >= 4 is 5.82 Å². The van der Waals surface area contributed by atoms with Gasteiger partial charge >= 0.3 is 0 Å². The molecule has 2 heterocycles. The Kier molecular flexibility index (Phi) is 3.79. The van der Waals surface area contributed by atoms with Gasteiger partial charge in [0.15, 0.2) is 5.69 Å². The Balaban J connectivity index is 1.70. The van der Waals surface area contributed by atoms with Crippen LogP contribution in [0.4, 0.5) is 5.82 Å². The highest BCUT2D eigenvalue weighted by Gasteiger charge is 2.58. The largest absolute Gasteiger partial charge is 0.391 e. The van der Waals surface area contributed by atoms with Crippen molar-refractivity contribution in [3.8, 4) is 6.07 Å². The van der Waals surface area contributed by atoms with E-state index in [2.05, 4.69) is 41.1 Å². The predicted octanol–water partition coefficient (Wildman–Crippen LogP) is 1.24. The van der Waals surface area contributed by atoms with Gasteiger partial charge in [0.05, 0.1) is 24.5 Å². The maximum atomic E-state index is 10.5. The van der Waals surface area contributed by atoms with Gasteiger partial charge in [-0.15, -0.1) is 0 Å². The molecule has 1 saturated carbocycles. The molecule has 1 aliphatic carbocycles. The maximum absolute atomic E-state index is 10.5. The van der Waals surface area contributed by atoms with Gasteiger partial charge in [-0.1, -0.05) is 13.8 Å². The highest BCUT2D eigenvalue weighted by Crippen LogP contribution is 2.52. The number of likely N-dealkylation sites (tertiary alicyclic amines) is 1. The van der Waals surface area contributed by atoms with Crippen molar-refractivity contribution in [2.24, 2.45) is 11.3 Å². The summed E-state index contributed by atoms with van der Waals surface area (Å²) in [5.41, 5.74) is 0.509. The Morgan fingerprint density at radius 1 is 1.41 bits per heavy atom. The lowest BCUT2D eigenvalue weighted by Crippen LogP contribution is -2.64. The molecule has 2 unspecified atom stereocenters. The molecule has 1 aromatic rings. The van der Waals surface area contributed by atoms with E-state index in [1.807, 2.05) is 6.07 Å². The SMILES string of the molecule is CC(C)C1N(C)CC12C[C@@H](O)[C@H](Nc1cnc(C#N)cn1)C2. The summed E-state index contributed by atoms with van der Waals surface area (Å²) in [5, 5.41) is 22.5. The molecular weight excluding hydrogens is 278 g/mol. The van der Waals surface area contributed by atoms with Crippen molar-refractivity contribution < 1.29 is 5.11 Å². The average molecular weight is 301 g/mol. The molecule has 118 valence electrons. The third-order valence-electron chi connectivity index (χ3n) is 5.10. The monoisotopic (exact) mass is 301 g/mol. The zero-order chi connectivity index (χ0) is 15.9. The first-order valence-electron chi connectivity index (χ1n) is 7.82. The minimum absolute atomic E-state index is 0.00261. The molecule has 6 nitrogen and oxygen atoms in total. The Morgan fingerprint density at radius 3 is 2.73 bits per heavy atom. The van der Waals surface area contributed by atoms with Crippen LogP contribution in [0.25, 0.3) is 0 Å². The van der Waals surface area contributed by atoms with Gasteiger partial charge in [-0.05, 0) is 25.8 Å². The van der Waals surface area contributed by atoms with Crippen LogP contribution in [0.1, 0.15) is 32.4 Å². The van der Waals surface area contributed by atoms with Crippen LogP contribution in [-0.4, -0.2) is 51.8 Å². The van der Waals surface area contributed by atoms with E-state index in [9.17, 15) is 5.11 Å². The maximum Gasteiger partial charge on any atom is 0.158 e. The van der Waals surface area contributed by atoms with Crippen LogP contribution >= 0.6 is 0 Å². The third kappa shape index (κ3) is 2.44. The Labute approximate surface area is 131 Å². The van der Waals surface area contributed by atoms with Crippen LogP contribution in [0.3, 0.4) is 0 Å². The number of aliphatic hydroxyl groups excluding tert-OH is 1. The second-order valence-corrected chi connectivity index (χ2v) is 7.09. The van der Waals surface area contributed by atoms with Crippen molar-refractivity contribution in [3.05, 3.63) is 18.1 Å². The molecular formula is C16H23N5O. The fourth-order valence-corrected chi connectivity index (χ4v) is 4.64. The van der Waals surface area contributed by atoms with Crippen LogP contribution in [0.5, 0.6) is 0 Å². The molecule has 6 heteroatoms. The number of nitrogens with one attached hydrogen (secondary N) is 1. The van der Waals surface area contributed by atoms with Crippen molar-refractivity contribution in [1.29, 1.82) is 5.26 Å². The van der Waals surface area contributed by atoms with E-state index in [-0.39, 0.29) is 17.6 Å². The van der Waals surface area contributed by atoms with Gasteiger partial charge in [-0.3, -0.25) is 0 Å². The van der Waals surface area contributed by atoms with Crippen molar-refractivity contribution in [3.63, 3.8) is 0 Å². The molecule has 1 aliphatic heterocycles. The number of nitrogens with zero attached hydrogens (tertiary/aromatic N) is 4. The topological polar surface area (TPSA) is 85.1 Å². The normalized spacial score (nSPS) is 34.6. The summed E-state index contributed by atoms with van der Waals surface area (Å²) in [6.45, 7) is 5.55. The summed E-state index contributed by atoms with van der Waals surface area (Å²) in [7, 11) is 2.16. The van der Waals surface area contributed by atoms with E-state index in [1.165, 1.54) is 6.20 Å². The quantitative estimate of drug-likeness (QED) is 0.874. The highest BCUT2D eigenvalue weighted by molar-refractivity contribution is 5.36. The molecule has 1 saturated heterocycles. The molecule has 22 heavy (non-hydrogen) atoms. The van der Waals surface area contributed by atoms with Crippen LogP contribution in [0.2, 0.25) is 0 Å². The van der Waals surface area contributed by atoms with Crippen molar-refractivity contribution in [2.75, 3.05) is 18.9 Å². The van der Waals surface area contributed by atoms with Gasteiger partial charge in [-0.25, -0.2) is 9.97 Å². The standard InChI is InChI=1S/C16H23N5O/c1-10(2)15-16(9-21(15)3)4-12(13(22)5-16)20-14-8-18-11(6-17)7-19-14/h7-8,10,12-13,15,22H,4-5,9H2,1-3H3,(H,19,20)/t12-,13-,15?,16?/m1/s1. The Hall–Kier alpha value is -1.71. The summed E-state index contributed by atoms with van der Waals surface area (Å²) in [6.07, 6.45) is 4.42. The van der Waals surface area contributed by atoms with Gasteiger partial charge in [0.2, 0.25) is 0 Å². The second kappa shape index (κ2) is 5.49. The van der Waals surface area contributed by atoms with Crippen molar-refractivity contribution in [2.45, 2.75) is 44.9 Å². The molecule has 0 aromatic carbocycles. The average Bonchev–Trinajstić information content (AvgIpc) is 2.76. The number of anilines is 1. The molecule has 2 N–H and O–H groups in total. The van der Waals surface area contributed by atoms with Gasteiger partial charge in [0, 0.05) is 18.0 Å². The first-order valence-corrected chi connectivity index (χ1v) is 7.82. The van der Waals surface area contributed by atoms with Crippen LogP contribution in [0.15, 0.2) is 12.4 Å². The summed E-state index contributed by atoms with van der Waals surface area (Å²) in [6, 6.07) is 2.48. The van der Waals surface area contributed by atoms with Crippen LogP contribution < -0.4 is 5.32 Å². The summed E-state index contributed by atoms with van der Waals surface area (Å²) < 4.78 is 0. The Bertz CT molecular complexity index is 576. The first-order chi connectivity index (χ1) is 10.4. The lowest BCUT2D eigenvalue weighted by Gasteiger charge is -2.57. The summed E-state index contributed by atoms with van der Waals surface area (Å²) in [5.74, 6) is 1.20. The molecule has 1 aromatic heterocycles. The van der Waals surface area contributed by atoms with Gasteiger partial charge in [-0.2, -0.15) is 5.26 Å². The minimum atomic E-state index is -0.368. The molecule has 0 bridgehead atoms. The number of hydrogen-bond donors (Lipinski definition) is 2. The molecule has 2 aliphatic rings. The number of aliphatic hydroxyl groups is 1. The van der Waals surface area contributed by atoms with E-state index in [1.54, 1.807) is 6.20 Å². The van der Waals surface area contributed by atoms with E-state index >= 15 is 0 Å². The number of rotatable bonds is 3. The predicted molar refractivity (Wildman–Crippen MR) is 83.1 cm³/mol. The molecule has 3 rings (SSSR count). The highest BCUT2D eigenvalue weighted by atomic mass is 16.3. The lowest BCUT2D eigenvalue weighted by atomic mass is 9.66. The minimum Gasteiger partial charge on any atom is -0.391 e. The summed E-state index contributed by atoms with van der Waals surface area (Å²) in [4.78, 5) is 10.6. The zero-order valence-electron chi connectivity index (χ0n) is 13.3. The van der Waals surface area contributed by atoms with Gasteiger partial charge in [0.1, 0.15) is 11.9 Å². The van der Waals surface area contributed by atoms with Gasteiger partial charge < -0.3 is 15.3 Å². The van der Waals surface area contributed by atoms with E-state index in [4.69, 9.17) is 5.26 Å². The fourth-order valence-electron chi connectivity index (χ4n) is 4.64. The van der Waals surface area contributed by atoms with Crippen LogP contribution in [-0.2, 0) is 0 Å². The Morgan fingerprint density at radius 2 is 2.18 bits per heavy atom. The van der Waals surface area contributed by atoms with E-state index in [0.29, 0.717) is 23.5 Å². The van der Waals surface area contributed by atoms with Crippen LogP contribution in [0, 0.1) is 22.7 Å². The van der Waals surface area contributed by atoms with E-state index in [0.717, 1.165) is 19.4 Å². The third-order valence-corrected chi connectivity index (χ3v) is 5.10. The number of aromatic nitrogens is 2. The van der Waals surface area contributed by atoms with Crippen molar-refractivity contribution in [1.82, 2.24) is 14.9 Å². The van der Waals surface area contributed by atoms with Gasteiger partial charge in [0.25, 0.3) is 0 Å². The summed E-state index contributed by atoms with van der Waals surface area (Å²) >= 11 is 0. The molecule has 0 radical (unpaired) electrons. The molecule has 1 spiro atoms.